The molecule has 0 unspecified atom stereocenters. The largest absolute Gasteiger partial charge is 0.481 e. The lowest BCUT2D eigenvalue weighted by Gasteiger charge is -2.19. The maximum absolute atomic E-state index is 11.6. The second-order valence-corrected chi connectivity index (χ2v) is 5.55. The number of carboxylic acids is 1. The average molecular weight is 291 g/mol. The highest BCUT2D eigenvalue weighted by Crippen LogP contribution is 2.12. The quantitative estimate of drug-likeness (QED) is 0.873. The van der Waals surface area contributed by atoms with Gasteiger partial charge in [-0.25, -0.2) is 4.79 Å². The minimum Gasteiger partial charge on any atom is -0.481 e. The smallest absolute Gasteiger partial charge is 0.407 e. The number of carbonyl (C=O) groups is 2. The fourth-order valence-corrected chi connectivity index (χ4v) is 1.63. The van der Waals surface area contributed by atoms with E-state index in [1.165, 1.54) is 0 Å². The number of hydrogen-bond donors (Lipinski definition) is 2. The van der Waals surface area contributed by atoms with E-state index in [1.54, 1.807) is 32.9 Å². The second kappa shape index (κ2) is 7.47. The van der Waals surface area contributed by atoms with E-state index in [0.29, 0.717) is 6.54 Å². The SMILES string of the molecule is CC(C)(C)OC(=O)NCc1ccccc1/C=C\CC(=O)O. The van der Waals surface area contributed by atoms with Gasteiger partial charge < -0.3 is 15.2 Å². The topological polar surface area (TPSA) is 75.6 Å². The van der Waals surface area contributed by atoms with Crippen LogP contribution in [0.3, 0.4) is 0 Å². The number of benzene rings is 1. The molecule has 5 nitrogen and oxygen atoms in total. The fourth-order valence-electron chi connectivity index (χ4n) is 1.63. The molecule has 0 saturated carbocycles. The lowest BCUT2D eigenvalue weighted by molar-refractivity contribution is -0.135. The van der Waals surface area contributed by atoms with Gasteiger partial charge in [0.05, 0.1) is 6.42 Å². The number of ether oxygens (including phenoxy) is 1. The van der Waals surface area contributed by atoms with Crippen LogP contribution in [0.1, 0.15) is 38.3 Å². The Kier molecular flexibility index (Phi) is 5.96. The van der Waals surface area contributed by atoms with E-state index in [-0.39, 0.29) is 6.42 Å². The highest BCUT2D eigenvalue weighted by atomic mass is 16.6. The molecule has 0 aliphatic heterocycles. The van der Waals surface area contributed by atoms with Gasteiger partial charge in [0, 0.05) is 6.54 Å². The molecule has 0 bridgehead atoms. The molecule has 1 aromatic carbocycles. The molecule has 0 radical (unpaired) electrons. The molecular formula is C16H21NO4. The third-order valence-electron chi connectivity index (χ3n) is 2.47. The molecule has 0 spiro atoms. The summed E-state index contributed by atoms with van der Waals surface area (Å²) in [4.78, 5) is 22.1. The van der Waals surface area contributed by atoms with Crippen molar-refractivity contribution in [1.82, 2.24) is 5.32 Å². The Morgan fingerprint density at radius 3 is 2.57 bits per heavy atom. The van der Waals surface area contributed by atoms with Crippen molar-refractivity contribution in [2.75, 3.05) is 0 Å². The lowest BCUT2D eigenvalue weighted by Crippen LogP contribution is -2.32. The minimum absolute atomic E-state index is 0.0339. The van der Waals surface area contributed by atoms with Gasteiger partial charge in [-0.3, -0.25) is 4.79 Å². The minimum atomic E-state index is -0.879. The zero-order valence-corrected chi connectivity index (χ0v) is 12.6. The van der Waals surface area contributed by atoms with E-state index < -0.39 is 17.7 Å². The first-order chi connectivity index (χ1) is 9.78. The van der Waals surface area contributed by atoms with Crippen LogP contribution in [0.4, 0.5) is 4.79 Å². The molecule has 21 heavy (non-hydrogen) atoms. The number of carboxylic acid groups (broad SMARTS) is 1. The van der Waals surface area contributed by atoms with E-state index in [0.717, 1.165) is 11.1 Å². The van der Waals surface area contributed by atoms with Crippen molar-refractivity contribution < 1.29 is 19.4 Å². The third kappa shape index (κ3) is 7.15. The van der Waals surface area contributed by atoms with E-state index in [9.17, 15) is 9.59 Å². The summed E-state index contributed by atoms with van der Waals surface area (Å²) >= 11 is 0. The van der Waals surface area contributed by atoms with Crippen molar-refractivity contribution in [3.63, 3.8) is 0 Å². The van der Waals surface area contributed by atoms with Gasteiger partial charge in [-0.1, -0.05) is 36.4 Å². The van der Waals surface area contributed by atoms with Crippen molar-refractivity contribution >= 4 is 18.1 Å². The first kappa shape index (κ1) is 16.8. The van der Waals surface area contributed by atoms with Crippen LogP contribution in [0.25, 0.3) is 6.08 Å². The maximum Gasteiger partial charge on any atom is 0.407 e. The van der Waals surface area contributed by atoms with E-state index >= 15 is 0 Å². The Balaban J connectivity index is 2.65. The summed E-state index contributed by atoms with van der Waals surface area (Å²) in [5.41, 5.74) is 1.23. The van der Waals surface area contributed by atoms with Crippen molar-refractivity contribution in [3.05, 3.63) is 41.5 Å². The molecule has 0 aliphatic carbocycles. The Morgan fingerprint density at radius 1 is 1.29 bits per heavy atom. The number of amides is 1. The molecule has 1 rings (SSSR count). The molecule has 2 N–H and O–H groups in total. The molecule has 0 heterocycles. The number of aliphatic carboxylic acids is 1. The first-order valence-corrected chi connectivity index (χ1v) is 6.71. The monoisotopic (exact) mass is 291 g/mol. The van der Waals surface area contributed by atoms with E-state index in [2.05, 4.69) is 5.32 Å². The fraction of sp³-hybridized carbons (Fsp3) is 0.375. The standard InChI is InChI=1S/C16H21NO4/c1-16(2,3)21-15(20)17-11-13-8-5-4-7-12(13)9-6-10-14(18)19/h4-9H,10-11H2,1-3H3,(H,17,20)(H,18,19)/b9-6-. The van der Waals surface area contributed by atoms with Crippen LogP contribution in [-0.4, -0.2) is 22.8 Å². The summed E-state index contributed by atoms with van der Waals surface area (Å²) < 4.78 is 5.17. The number of nitrogens with one attached hydrogen (secondary N) is 1. The maximum atomic E-state index is 11.6. The van der Waals surface area contributed by atoms with Gasteiger partial charge in [-0.15, -0.1) is 0 Å². The zero-order chi connectivity index (χ0) is 15.9. The molecule has 5 heteroatoms. The summed E-state index contributed by atoms with van der Waals surface area (Å²) in [7, 11) is 0. The first-order valence-electron chi connectivity index (χ1n) is 6.71. The average Bonchev–Trinajstić information content (AvgIpc) is 2.35. The van der Waals surface area contributed by atoms with Crippen LogP contribution in [-0.2, 0) is 16.1 Å². The number of hydrogen-bond acceptors (Lipinski definition) is 3. The van der Waals surface area contributed by atoms with Crippen LogP contribution in [0.2, 0.25) is 0 Å². The normalized spacial score (nSPS) is 11.4. The number of alkyl carbamates (subject to hydrolysis) is 1. The number of carbonyl (C=O) groups excluding carboxylic acids is 1. The molecule has 0 fully saturated rings. The molecule has 0 aromatic heterocycles. The van der Waals surface area contributed by atoms with Crippen molar-refractivity contribution in [1.29, 1.82) is 0 Å². The summed E-state index contributed by atoms with van der Waals surface area (Å²) in [6.07, 6.45) is 2.80. The summed E-state index contributed by atoms with van der Waals surface area (Å²) in [5, 5.41) is 11.3. The summed E-state index contributed by atoms with van der Waals surface area (Å²) in [6, 6.07) is 7.46. The number of rotatable bonds is 5. The van der Waals surface area contributed by atoms with Crippen LogP contribution < -0.4 is 5.32 Å². The van der Waals surface area contributed by atoms with Gasteiger partial charge in [0.25, 0.3) is 0 Å². The Hall–Kier alpha value is -2.30. The van der Waals surface area contributed by atoms with Gasteiger partial charge >= 0.3 is 12.1 Å². The van der Waals surface area contributed by atoms with Gasteiger partial charge in [0.1, 0.15) is 5.60 Å². The molecular weight excluding hydrogens is 270 g/mol. The predicted molar refractivity (Wildman–Crippen MR) is 80.8 cm³/mol. The Bertz CT molecular complexity index is 529. The van der Waals surface area contributed by atoms with Crippen molar-refractivity contribution in [2.24, 2.45) is 0 Å². The molecule has 1 amide bonds. The van der Waals surface area contributed by atoms with Crippen molar-refractivity contribution in [2.45, 2.75) is 39.3 Å². The van der Waals surface area contributed by atoms with E-state index in [1.807, 2.05) is 24.3 Å². The van der Waals surface area contributed by atoms with Crippen LogP contribution >= 0.6 is 0 Å². The Morgan fingerprint density at radius 2 is 1.95 bits per heavy atom. The van der Waals surface area contributed by atoms with Gasteiger partial charge in [-0.2, -0.15) is 0 Å². The molecule has 0 saturated heterocycles. The molecule has 0 aliphatic rings. The van der Waals surface area contributed by atoms with Gasteiger partial charge in [0.2, 0.25) is 0 Å². The molecule has 0 atom stereocenters. The molecule has 114 valence electrons. The Labute approximate surface area is 124 Å². The van der Waals surface area contributed by atoms with Crippen LogP contribution in [0.15, 0.2) is 30.3 Å². The van der Waals surface area contributed by atoms with Crippen LogP contribution in [0, 0.1) is 0 Å². The van der Waals surface area contributed by atoms with Gasteiger partial charge in [0.15, 0.2) is 0 Å². The van der Waals surface area contributed by atoms with E-state index in [4.69, 9.17) is 9.84 Å². The highest BCUT2D eigenvalue weighted by Gasteiger charge is 2.15. The summed E-state index contributed by atoms with van der Waals surface area (Å²) in [5.74, 6) is -0.879. The second-order valence-electron chi connectivity index (χ2n) is 5.55. The zero-order valence-electron chi connectivity index (χ0n) is 12.6. The predicted octanol–water partition coefficient (Wildman–Crippen LogP) is 3.20. The highest BCUT2D eigenvalue weighted by molar-refractivity contribution is 5.71. The molecule has 1 aromatic rings. The van der Waals surface area contributed by atoms with Crippen molar-refractivity contribution in [3.8, 4) is 0 Å². The van der Waals surface area contributed by atoms with Crippen LogP contribution in [0.5, 0.6) is 0 Å². The summed E-state index contributed by atoms with van der Waals surface area (Å²) in [6.45, 7) is 5.72. The third-order valence-corrected chi connectivity index (χ3v) is 2.47. The lowest BCUT2D eigenvalue weighted by atomic mass is 10.1. The van der Waals surface area contributed by atoms with Gasteiger partial charge in [-0.05, 0) is 31.9 Å².